The molecule has 6 heteroatoms. The molecule has 15 heavy (non-hydrogen) atoms. The van der Waals surface area contributed by atoms with Crippen LogP contribution in [0.5, 0.6) is 0 Å². The SMILES string of the molecule is CC(N)(CCCCOCC(F)F)C(N)=O. The highest BCUT2D eigenvalue weighted by atomic mass is 19.3. The highest BCUT2D eigenvalue weighted by Crippen LogP contribution is 2.10. The van der Waals surface area contributed by atoms with Crippen LogP contribution in [0.25, 0.3) is 0 Å². The van der Waals surface area contributed by atoms with Gasteiger partial charge in [0.1, 0.15) is 6.61 Å². The summed E-state index contributed by atoms with van der Waals surface area (Å²) in [5.74, 6) is -0.559. The number of amides is 1. The number of nitrogens with two attached hydrogens (primary N) is 2. The van der Waals surface area contributed by atoms with E-state index in [0.717, 1.165) is 0 Å². The van der Waals surface area contributed by atoms with Crippen molar-refractivity contribution in [2.24, 2.45) is 11.5 Å². The molecular formula is C9H18F2N2O2. The Labute approximate surface area is 87.9 Å². The van der Waals surface area contributed by atoms with Gasteiger partial charge in [0.2, 0.25) is 5.91 Å². The monoisotopic (exact) mass is 224 g/mol. The maximum Gasteiger partial charge on any atom is 0.261 e. The first-order valence-electron chi connectivity index (χ1n) is 4.81. The Morgan fingerprint density at radius 2 is 2.07 bits per heavy atom. The molecule has 1 unspecified atom stereocenters. The van der Waals surface area contributed by atoms with Gasteiger partial charge in [0, 0.05) is 6.61 Å². The topological polar surface area (TPSA) is 78.3 Å². The molecule has 0 fully saturated rings. The van der Waals surface area contributed by atoms with Gasteiger partial charge in [0.15, 0.2) is 0 Å². The molecule has 0 aliphatic rings. The molecule has 0 aromatic carbocycles. The van der Waals surface area contributed by atoms with Gasteiger partial charge in [0.05, 0.1) is 5.54 Å². The van der Waals surface area contributed by atoms with E-state index < -0.39 is 24.5 Å². The Morgan fingerprint density at radius 1 is 1.47 bits per heavy atom. The number of unbranched alkanes of at least 4 members (excludes halogenated alkanes) is 1. The Balaban J connectivity index is 3.43. The van der Waals surface area contributed by atoms with Gasteiger partial charge >= 0.3 is 0 Å². The van der Waals surface area contributed by atoms with E-state index in [-0.39, 0.29) is 6.61 Å². The van der Waals surface area contributed by atoms with Crippen LogP contribution >= 0.6 is 0 Å². The molecule has 0 aromatic rings. The fourth-order valence-electron chi connectivity index (χ4n) is 0.992. The predicted molar refractivity (Wildman–Crippen MR) is 52.5 cm³/mol. The molecule has 0 bridgehead atoms. The van der Waals surface area contributed by atoms with Crippen molar-refractivity contribution in [3.05, 3.63) is 0 Å². The van der Waals surface area contributed by atoms with E-state index in [1.165, 1.54) is 0 Å². The summed E-state index contributed by atoms with van der Waals surface area (Å²) in [7, 11) is 0. The molecule has 0 aliphatic carbocycles. The van der Waals surface area contributed by atoms with E-state index in [1.54, 1.807) is 6.92 Å². The fourth-order valence-corrected chi connectivity index (χ4v) is 0.992. The highest BCUT2D eigenvalue weighted by Gasteiger charge is 2.24. The minimum absolute atomic E-state index is 0.249. The maximum atomic E-state index is 11.6. The third kappa shape index (κ3) is 7.21. The normalized spacial score (nSPS) is 15.3. The van der Waals surface area contributed by atoms with Crippen molar-refractivity contribution in [3.63, 3.8) is 0 Å². The van der Waals surface area contributed by atoms with Crippen molar-refractivity contribution in [1.29, 1.82) is 0 Å². The van der Waals surface area contributed by atoms with Gasteiger partial charge in [-0.05, 0) is 26.2 Å². The highest BCUT2D eigenvalue weighted by molar-refractivity contribution is 5.83. The number of rotatable bonds is 8. The Bertz CT molecular complexity index is 199. The van der Waals surface area contributed by atoms with E-state index in [9.17, 15) is 13.6 Å². The summed E-state index contributed by atoms with van der Waals surface area (Å²) in [6, 6.07) is 0. The molecule has 4 nitrogen and oxygen atoms in total. The average Bonchev–Trinajstić information content (AvgIpc) is 2.10. The molecule has 0 saturated heterocycles. The van der Waals surface area contributed by atoms with Crippen LogP contribution in [0, 0.1) is 0 Å². The summed E-state index contributed by atoms with van der Waals surface area (Å²) >= 11 is 0. The van der Waals surface area contributed by atoms with Gasteiger partial charge in [-0.1, -0.05) is 0 Å². The lowest BCUT2D eigenvalue weighted by Crippen LogP contribution is -2.49. The second-order valence-corrected chi connectivity index (χ2v) is 3.70. The van der Waals surface area contributed by atoms with Crippen LogP contribution in [0.2, 0.25) is 0 Å². The molecule has 0 spiro atoms. The predicted octanol–water partition coefficient (Wildman–Crippen LogP) is 0.641. The van der Waals surface area contributed by atoms with Gasteiger partial charge in [0.25, 0.3) is 6.43 Å². The molecule has 0 aliphatic heterocycles. The summed E-state index contributed by atoms with van der Waals surface area (Å²) in [6.07, 6.45) is -0.790. The van der Waals surface area contributed by atoms with Gasteiger partial charge in [-0.15, -0.1) is 0 Å². The van der Waals surface area contributed by atoms with Crippen molar-refractivity contribution in [1.82, 2.24) is 0 Å². The summed E-state index contributed by atoms with van der Waals surface area (Å²) in [5, 5.41) is 0. The van der Waals surface area contributed by atoms with E-state index >= 15 is 0 Å². The number of hydrogen-bond acceptors (Lipinski definition) is 3. The van der Waals surface area contributed by atoms with Crippen LogP contribution in [0.4, 0.5) is 8.78 Å². The van der Waals surface area contributed by atoms with E-state index in [2.05, 4.69) is 4.74 Å². The zero-order valence-electron chi connectivity index (χ0n) is 8.84. The van der Waals surface area contributed by atoms with Gasteiger partial charge in [-0.3, -0.25) is 4.79 Å². The average molecular weight is 224 g/mol. The summed E-state index contributed by atoms with van der Waals surface area (Å²) in [6.45, 7) is 1.25. The van der Waals surface area contributed by atoms with Crippen molar-refractivity contribution in [2.75, 3.05) is 13.2 Å². The number of alkyl halides is 2. The Morgan fingerprint density at radius 3 is 2.53 bits per heavy atom. The van der Waals surface area contributed by atoms with Gasteiger partial charge in [-0.25, -0.2) is 8.78 Å². The number of carbonyl (C=O) groups excluding carboxylic acids is 1. The van der Waals surface area contributed by atoms with Crippen molar-refractivity contribution in [3.8, 4) is 0 Å². The zero-order chi connectivity index (χ0) is 11.9. The molecular weight excluding hydrogens is 206 g/mol. The lowest BCUT2D eigenvalue weighted by molar-refractivity contribution is -0.122. The Hall–Kier alpha value is -0.750. The molecule has 1 atom stereocenters. The van der Waals surface area contributed by atoms with E-state index in [0.29, 0.717) is 19.3 Å². The lowest BCUT2D eigenvalue weighted by atomic mass is 9.96. The molecule has 0 rings (SSSR count). The molecule has 0 aromatic heterocycles. The van der Waals surface area contributed by atoms with Crippen LogP contribution in [-0.2, 0) is 9.53 Å². The van der Waals surface area contributed by atoms with Crippen molar-refractivity contribution >= 4 is 5.91 Å². The zero-order valence-corrected chi connectivity index (χ0v) is 8.84. The van der Waals surface area contributed by atoms with Crippen LogP contribution in [0.1, 0.15) is 26.2 Å². The first-order chi connectivity index (χ1) is 6.86. The lowest BCUT2D eigenvalue weighted by Gasteiger charge is -2.19. The quantitative estimate of drug-likeness (QED) is 0.594. The third-order valence-electron chi connectivity index (χ3n) is 2.04. The molecule has 0 saturated carbocycles. The minimum Gasteiger partial charge on any atom is -0.376 e. The number of primary amides is 1. The standard InChI is InChI=1S/C9H18F2N2O2/c1-9(13,8(12)14)4-2-3-5-15-6-7(10)11/h7H,2-6,13H2,1H3,(H2,12,14). The minimum atomic E-state index is -2.43. The number of ether oxygens (including phenoxy) is 1. The largest absolute Gasteiger partial charge is 0.376 e. The fraction of sp³-hybridized carbons (Fsp3) is 0.889. The number of hydrogen-bond donors (Lipinski definition) is 2. The van der Waals surface area contributed by atoms with Crippen LogP contribution in [0.3, 0.4) is 0 Å². The number of halogens is 2. The van der Waals surface area contributed by atoms with E-state index in [4.69, 9.17) is 11.5 Å². The molecule has 4 N–H and O–H groups in total. The first-order valence-corrected chi connectivity index (χ1v) is 4.81. The van der Waals surface area contributed by atoms with Crippen LogP contribution < -0.4 is 11.5 Å². The smallest absolute Gasteiger partial charge is 0.261 e. The van der Waals surface area contributed by atoms with Crippen LogP contribution in [-0.4, -0.2) is 31.1 Å². The Kier molecular flexibility index (Phi) is 6.35. The van der Waals surface area contributed by atoms with Crippen molar-refractivity contribution < 1.29 is 18.3 Å². The maximum absolute atomic E-state index is 11.6. The summed E-state index contributed by atoms with van der Waals surface area (Å²) in [5.41, 5.74) is 9.62. The number of carbonyl (C=O) groups is 1. The summed E-state index contributed by atoms with van der Waals surface area (Å²) in [4.78, 5) is 10.8. The van der Waals surface area contributed by atoms with Crippen LogP contribution in [0.15, 0.2) is 0 Å². The molecule has 0 radical (unpaired) electrons. The first kappa shape index (κ1) is 14.2. The van der Waals surface area contributed by atoms with Gasteiger partial charge in [-0.2, -0.15) is 0 Å². The molecule has 1 amide bonds. The third-order valence-corrected chi connectivity index (χ3v) is 2.04. The molecule has 90 valence electrons. The second-order valence-electron chi connectivity index (χ2n) is 3.70. The van der Waals surface area contributed by atoms with Gasteiger partial charge < -0.3 is 16.2 Å². The van der Waals surface area contributed by atoms with E-state index in [1.807, 2.05) is 0 Å². The molecule has 0 heterocycles. The second kappa shape index (κ2) is 6.68. The van der Waals surface area contributed by atoms with Crippen molar-refractivity contribution in [2.45, 2.75) is 38.2 Å². The summed E-state index contributed by atoms with van der Waals surface area (Å²) < 4.78 is 27.9.